The van der Waals surface area contributed by atoms with Crippen molar-refractivity contribution >= 4 is 11.9 Å². The molecule has 0 fully saturated rings. The summed E-state index contributed by atoms with van der Waals surface area (Å²) in [6, 6.07) is 0. The molecule has 1 unspecified atom stereocenters. The van der Waals surface area contributed by atoms with Crippen molar-refractivity contribution in [2.45, 2.75) is 52.4 Å². The molecule has 0 saturated heterocycles. The zero-order valence-electron chi connectivity index (χ0n) is 10.6. The second kappa shape index (κ2) is 8.79. The van der Waals surface area contributed by atoms with Crippen LogP contribution in [-0.4, -0.2) is 22.2 Å². The first-order valence-corrected chi connectivity index (χ1v) is 6.17. The minimum atomic E-state index is -1.12. The summed E-state index contributed by atoms with van der Waals surface area (Å²) in [5, 5.41) is 17.6. The van der Waals surface area contributed by atoms with Gasteiger partial charge < -0.3 is 10.2 Å². The number of unbranched alkanes of at least 4 members (excludes halogenated alkanes) is 1. The summed E-state index contributed by atoms with van der Waals surface area (Å²) in [5.74, 6) is -2.03. The molecular formula is C13H22O4. The Hall–Kier alpha value is -1.32. The van der Waals surface area contributed by atoms with Crippen LogP contribution in [0.5, 0.6) is 0 Å². The molecule has 0 bridgehead atoms. The third kappa shape index (κ3) is 7.55. The second-order valence-corrected chi connectivity index (χ2v) is 4.26. The van der Waals surface area contributed by atoms with Gasteiger partial charge in [0.25, 0.3) is 0 Å². The lowest BCUT2D eigenvalue weighted by Gasteiger charge is -2.12. The van der Waals surface area contributed by atoms with Crippen LogP contribution in [-0.2, 0) is 9.59 Å². The first kappa shape index (κ1) is 15.7. The largest absolute Gasteiger partial charge is 0.481 e. The molecule has 0 amide bonds. The van der Waals surface area contributed by atoms with Gasteiger partial charge in [-0.1, -0.05) is 39.2 Å². The Morgan fingerprint density at radius 1 is 1.12 bits per heavy atom. The molecule has 17 heavy (non-hydrogen) atoms. The summed E-state index contributed by atoms with van der Waals surface area (Å²) < 4.78 is 0. The smallest absolute Gasteiger partial charge is 0.331 e. The zero-order chi connectivity index (χ0) is 13.3. The Kier molecular flexibility index (Phi) is 8.11. The van der Waals surface area contributed by atoms with Crippen LogP contribution < -0.4 is 0 Å². The molecule has 1 atom stereocenters. The Morgan fingerprint density at radius 2 is 1.76 bits per heavy atom. The van der Waals surface area contributed by atoms with E-state index in [2.05, 4.69) is 6.92 Å². The zero-order valence-corrected chi connectivity index (χ0v) is 10.6. The number of aliphatic carboxylic acids is 2. The van der Waals surface area contributed by atoms with E-state index >= 15 is 0 Å². The van der Waals surface area contributed by atoms with Crippen molar-refractivity contribution in [1.82, 2.24) is 0 Å². The molecule has 0 aliphatic carbocycles. The SMILES string of the molecule is CCCCC(C=C(CC(=O)O)C(=O)O)CCC. The van der Waals surface area contributed by atoms with E-state index in [9.17, 15) is 9.59 Å². The van der Waals surface area contributed by atoms with Crippen molar-refractivity contribution in [2.75, 3.05) is 0 Å². The van der Waals surface area contributed by atoms with Crippen LogP contribution in [0, 0.1) is 5.92 Å². The first-order chi connectivity index (χ1) is 8.01. The topological polar surface area (TPSA) is 74.6 Å². The fourth-order valence-corrected chi connectivity index (χ4v) is 1.80. The summed E-state index contributed by atoms with van der Waals surface area (Å²) in [5.41, 5.74) is 0.00653. The number of carboxylic acids is 2. The molecule has 0 spiro atoms. The molecule has 0 saturated carbocycles. The van der Waals surface area contributed by atoms with Gasteiger partial charge in [-0.2, -0.15) is 0 Å². The van der Waals surface area contributed by atoms with E-state index < -0.39 is 18.4 Å². The highest BCUT2D eigenvalue weighted by atomic mass is 16.4. The minimum absolute atomic E-state index is 0.00653. The third-order valence-electron chi connectivity index (χ3n) is 2.64. The van der Waals surface area contributed by atoms with Gasteiger partial charge in [-0.15, -0.1) is 0 Å². The average molecular weight is 242 g/mol. The van der Waals surface area contributed by atoms with E-state index in [0.29, 0.717) is 0 Å². The summed E-state index contributed by atoms with van der Waals surface area (Å²) in [6.07, 6.45) is 6.16. The molecule has 0 aliphatic rings. The second-order valence-electron chi connectivity index (χ2n) is 4.26. The molecule has 0 aliphatic heterocycles. The van der Waals surface area contributed by atoms with E-state index in [-0.39, 0.29) is 11.5 Å². The highest BCUT2D eigenvalue weighted by molar-refractivity contribution is 5.92. The predicted molar refractivity (Wildman–Crippen MR) is 65.9 cm³/mol. The maximum Gasteiger partial charge on any atom is 0.331 e. The normalized spacial score (nSPS) is 13.4. The predicted octanol–water partition coefficient (Wildman–Crippen LogP) is 3.08. The number of hydrogen-bond donors (Lipinski definition) is 2. The van der Waals surface area contributed by atoms with Crippen LogP contribution in [0.15, 0.2) is 11.6 Å². The lowest BCUT2D eigenvalue weighted by molar-refractivity contribution is -0.139. The van der Waals surface area contributed by atoms with Crippen molar-refractivity contribution in [3.05, 3.63) is 11.6 Å². The molecule has 2 N–H and O–H groups in total. The van der Waals surface area contributed by atoms with Crippen molar-refractivity contribution < 1.29 is 19.8 Å². The van der Waals surface area contributed by atoms with Crippen molar-refractivity contribution in [3.8, 4) is 0 Å². The summed E-state index contributed by atoms with van der Waals surface area (Å²) in [4.78, 5) is 21.5. The van der Waals surface area contributed by atoms with Crippen molar-refractivity contribution in [1.29, 1.82) is 0 Å². The monoisotopic (exact) mass is 242 g/mol. The molecule has 98 valence electrons. The number of carboxylic acid groups (broad SMARTS) is 2. The maximum atomic E-state index is 10.9. The van der Waals surface area contributed by atoms with Gasteiger partial charge in [-0.25, -0.2) is 4.79 Å². The Labute approximate surface area is 102 Å². The number of carbonyl (C=O) groups is 2. The molecule has 0 heterocycles. The number of allylic oxidation sites excluding steroid dienone is 1. The fourth-order valence-electron chi connectivity index (χ4n) is 1.80. The lowest BCUT2D eigenvalue weighted by atomic mass is 9.94. The number of rotatable bonds is 9. The van der Waals surface area contributed by atoms with Gasteiger partial charge in [-0.05, 0) is 18.8 Å². The molecule has 0 radical (unpaired) electrons. The number of hydrogen-bond acceptors (Lipinski definition) is 2. The van der Waals surface area contributed by atoms with Gasteiger partial charge in [0.05, 0.1) is 6.42 Å². The Morgan fingerprint density at radius 3 is 2.18 bits per heavy atom. The molecule has 0 aromatic heterocycles. The van der Waals surface area contributed by atoms with E-state index in [1.165, 1.54) is 0 Å². The van der Waals surface area contributed by atoms with Gasteiger partial charge in [0.1, 0.15) is 0 Å². The van der Waals surface area contributed by atoms with E-state index in [0.717, 1.165) is 32.1 Å². The van der Waals surface area contributed by atoms with Crippen LogP contribution in [0.2, 0.25) is 0 Å². The average Bonchev–Trinajstić information content (AvgIpc) is 2.24. The van der Waals surface area contributed by atoms with E-state index in [1.54, 1.807) is 6.08 Å². The van der Waals surface area contributed by atoms with Crippen LogP contribution >= 0.6 is 0 Å². The Balaban J connectivity index is 4.67. The molecule has 4 heteroatoms. The first-order valence-electron chi connectivity index (χ1n) is 6.17. The quantitative estimate of drug-likeness (QED) is 0.609. The van der Waals surface area contributed by atoms with Crippen LogP contribution in [0.25, 0.3) is 0 Å². The molecule has 0 rings (SSSR count). The third-order valence-corrected chi connectivity index (χ3v) is 2.64. The summed E-state index contributed by atoms with van der Waals surface area (Å²) in [6.45, 7) is 4.13. The fraction of sp³-hybridized carbons (Fsp3) is 0.692. The highest BCUT2D eigenvalue weighted by Crippen LogP contribution is 2.19. The summed E-state index contributed by atoms with van der Waals surface area (Å²) >= 11 is 0. The van der Waals surface area contributed by atoms with Crippen LogP contribution in [0.4, 0.5) is 0 Å². The van der Waals surface area contributed by atoms with Gasteiger partial charge in [0.2, 0.25) is 0 Å². The van der Waals surface area contributed by atoms with Crippen molar-refractivity contribution in [3.63, 3.8) is 0 Å². The molecular weight excluding hydrogens is 220 g/mol. The molecule has 4 nitrogen and oxygen atoms in total. The van der Waals surface area contributed by atoms with Gasteiger partial charge >= 0.3 is 11.9 Å². The van der Waals surface area contributed by atoms with Crippen molar-refractivity contribution in [2.24, 2.45) is 5.92 Å². The molecule has 0 aromatic carbocycles. The van der Waals surface area contributed by atoms with Gasteiger partial charge in [-0.3, -0.25) is 4.79 Å². The van der Waals surface area contributed by atoms with E-state index in [1.807, 2.05) is 6.92 Å². The lowest BCUT2D eigenvalue weighted by Crippen LogP contribution is -2.09. The van der Waals surface area contributed by atoms with Gasteiger partial charge in [0, 0.05) is 5.57 Å². The summed E-state index contributed by atoms with van der Waals surface area (Å²) in [7, 11) is 0. The maximum absolute atomic E-state index is 10.9. The highest BCUT2D eigenvalue weighted by Gasteiger charge is 2.14. The van der Waals surface area contributed by atoms with Crippen LogP contribution in [0.1, 0.15) is 52.4 Å². The Bertz CT molecular complexity index is 281. The minimum Gasteiger partial charge on any atom is -0.481 e. The van der Waals surface area contributed by atoms with Gasteiger partial charge in [0.15, 0.2) is 0 Å². The van der Waals surface area contributed by atoms with Crippen LogP contribution in [0.3, 0.4) is 0 Å². The standard InChI is InChI=1S/C13H22O4/c1-3-5-7-10(6-4-2)8-11(13(16)17)9-12(14)15/h8,10H,3-7,9H2,1-2H3,(H,14,15)(H,16,17). The van der Waals surface area contributed by atoms with E-state index in [4.69, 9.17) is 10.2 Å². The molecule has 0 aromatic rings.